The topological polar surface area (TPSA) is 76.0 Å². The molecular weight excluding hydrogens is 440 g/mol. The van der Waals surface area contributed by atoms with E-state index in [0.717, 1.165) is 70.0 Å². The first kappa shape index (κ1) is 24.8. The lowest BCUT2D eigenvalue weighted by molar-refractivity contribution is -0.153. The predicted octanol–water partition coefficient (Wildman–Crippen LogP) is 5.15. The van der Waals surface area contributed by atoms with Crippen LogP contribution in [0.5, 0.6) is 5.75 Å². The summed E-state index contributed by atoms with van der Waals surface area (Å²) in [7, 11) is 0. The number of esters is 1. The molecule has 4 aliphatic carbocycles. The Kier molecular flexibility index (Phi) is 7.83. The van der Waals surface area contributed by atoms with E-state index in [0.29, 0.717) is 17.8 Å². The van der Waals surface area contributed by atoms with Crippen molar-refractivity contribution in [3.05, 3.63) is 41.0 Å². The van der Waals surface area contributed by atoms with Gasteiger partial charge < -0.3 is 19.7 Å². The van der Waals surface area contributed by atoms with Gasteiger partial charge in [-0.1, -0.05) is 50.0 Å². The third-order valence-corrected chi connectivity index (χ3v) is 9.17. The van der Waals surface area contributed by atoms with E-state index in [4.69, 9.17) is 9.47 Å². The average molecular weight is 483 g/mol. The van der Waals surface area contributed by atoms with E-state index >= 15 is 0 Å². The van der Waals surface area contributed by atoms with Gasteiger partial charge in [0.2, 0.25) is 0 Å². The second kappa shape index (κ2) is 11.0. The number of benzene rings is 1. The molecule has 0 heterocycles. The molecule has 0 unspecified atom stereocenters. The van der Waals surface area contributed by atoms with Gasteiger partial charge in [-0.05, 0) is 86.3 Å². The molecule has 2 bridgehead atoms. The van der Waals surface area contributed by atoms with Gasteiger partial charge in [-0.2, -0.15) is 0 Å². The number of aliphatic hydroxyl groups excluding tert-OH is 2. The Morgan fingerprint density at radius 1 is 1.11 bits per heavy atom. The van der Waals surface area contributed by atoms with Crippen molar-refractivity contribution < 1.29 is 24.5 Å². The Labute approximate surface area is 209 Å². The molecule has 2 N–H and O–H groups in total. The molecule has 0 spiro atoms. The van der Waals surface area contributed by atoms with Crippen LogP contribution in [-0.4, -0.2) is 41.1 Å². The molecule has 4 aliphatic rings. The molecule has 192 valence electrons. The van der Waals surface area contributed by atoms with Crippen molar-refractivity contribution in [1.29, 1.82) is 0 Å². The van der Waals surface area contributed by atoms with Gasteiger partial charge in [0.25, 0.3) is 0 Å². The zero-order valence-corrected chi connectivity index (χ0v) is 21.2. The lowest BCUT2D eigenvalue weighted by atomic mass is 9.73. The van der Waals surface area contributed by atoms with Crippen molar-refractivity contribution >= 4 is 5.97 Å². The van der Waals surface area contributed by atoms with Gasteiger partial charge in [0.05, 0.1) is 12.2 Å². The first-order valence-electron chi connectivity index (χ1n) is 14.0. The highest BCUT2D eigenvalue weighted by atomic mass is 16.6. The quantitative estimate of drug-likeness (QED) is 0.259. The number of carbonyl (C=O) groups excluding carboxylic acids is 1. The fraction of sp³-hybridized carbons (Fsp3) is 0.700. The van der Waals surface area contributed by atoms with Crippen LogP contribution in [0.25, 0.3) is 0 Å². The van der Waals surface area contributed by atoms with Crippen molar-refractivity contribution in [2.75, 3.05) is 6.61 Å². The number of ether oxygens (including phenoxy) is 2. The summed E-state index contributed by atoms with van der Waals surface area (Å²) in [5.41, 5.74) is 3.90. The Morgan fingerprint density at radius 2 is 2.00 bits per heavy atom. The first-order chi connectivity index (χ1) is 17.0. The zero-order valence-electron chi connectivity index (χ0n) is 21.2. The van der Waals surface area contributed by atoms with Crippen LogP contribution in [-0.2, 0) is 22.4 Å². The van der Waals surface area contributed by atoms with Gasteiger partial charge in [-0.25, -0.2) is 4.79 Å². The van der Waals surface area contributed by atoms with Crippen LogP contribution in [0, 0.1) is 23.7 Å². The standard InChI is InChI=1S/C30H42O5/c1-2-3-4-7-23(31)11-12-24-25-15-20-6-5-8-28(26(20)16-22(25)17-27(24)32)34-18-30(33)35-29-14-19-9-10-21(29)13-19/h5-6,8-9,21-25,27,29,31-32H,2-4,7,10-18H2,1H3/t21-,22+,23+,24-,25+,27-,29-/m1/s1. The van der Waals surface area contributed by atoms with Crippen molar-refractivity contribution in [1.82, 2.24) is 0 Å². The monoisotopic (exact) mass is 482 g/mol. The Hall–Kier alpha value is -1.85. The van der Waals surface area contributed by atoms with Crippen molar-refractivity contribution in [2.45, 2.75) is 102 Å². The summed E-state index contributed by atoms with van der Waals surface area (Å²) in [5, 5.41) is 21.3. The highest BCUT2D eigenvalue weighted by Gasteiger charge is 2.45. The van der Waals surface area contributed by atoms with Gasteiger partial charge >= 0.3 is 5.97 Å². The molecule has 5 heteroatoms. The van der Waals surface area contributed by atoms with Crippen LogP contribution in [0.4, 0.5) is 0 Å². The molecule has 0 saturated heterocycles. The zero-order chi connectivity index (χ0) is 24.4. The number of allylic oxidation sites excluding steroid dienone is 1. The number of hydrogen-bond acceptors (Lipinski definition) is 5. The summed E-state index contributed by atoms with van der Waals surface area (Å²) >= 11 is 0. The molecule has 0 aliphatic heterocycles. The predicted molar refractivity (Wildman–Crippen MR) is 135 cm³/mol. The van der Waals surface area contributed by atoms with Crippen molar-refractivity contribution in [3.8, 4) is 5.75 Å². The number of unbranched alkanes of at least 4 members (excludes halogenated alkanes) is 2. The van der Waals surface area contributed by atoms with Crippen LogP contribution in [0.15, 0.2) is 29.8 Å². The molecule has 7 atom stereocenters. The van der Waals surface area contributed by atoms with E-state index in [-0.39, 0.29) is 36.8 Å². The molecule has 0 aromatic heterocycles. The fourth-order valence-electron chi connectivity index (χ4n) is 7.27. The minimum Gasteiger partial charge on any atom is -0.482 e. The van der Waals surface area contributed by atoms with Crippen LogP contribution in [0.2, 0.25) is 0 Å². The lowest BCUT2D eigenvalue weighted by Crippen LogP contribution is -2.28. The van der Waals surface area contributed by atoms with Gasteiger partial charge in [-0.3, -0.25) is 0 Å². The summed E-state index contributed by atoms with van der Waals surface area (Å²) in [6.07, 6.45) is 13.4. The third-order valence-electron chi connectivity index (χ3n) is 9.17. The number of carbonyl (C=O) groups is 1. The molecular formula is C30H42O5. The van der Waals surface area contributed by atoms with E-state index in [1.54, 1.807) is 0 Å². The highest BCUT2D eigenvalue weighted by Crippen LogP contribution is 2.48. The summed E-state index contributed by atoms with van der Waals surface area (Å²) < 4.78 is 11.7. The molecule has 2 fully saturated rings. The molecule has 0 radical (unpaired) electrons. The SMILES string of the molecule is CCCCC[C@H](O)CC[C@@H]1[C@H]2Cc3cccc(OCC(=O)O[C@@H]4CC5=CC[C@@H]4C5)c3C[C@H]2C[C@H]1O. The molecule has 35 heavy (non-hydrogen) atoms. The number of aliphatic hydroxyl groups is 2. The van der Waals surface area contributed by atoms with E-state index in [9.17, 15) is 15.0 Å². The summed E-state index contributed by atoms with van der Waals surface area (Å²) in [6, 6.07) is 6.14. The molecule has 5 nitrogen and oxygen atoms in total. The van der Waals surface area contributed by atoms with Crippen LogP contribution >= 0.6 is 0 Å². The largest absolute Gasteiger partial charge is 0.482 e. The van der Waals surface area contributed by atoms with E-state index < -0.39 is 0 Å². The molecule has 1 aromatic rings. The molecule has 2 saturated carbocycles. The van der Waals surface area contributed by atoms with Crippen LogP contribution < -0.4 is 4.74 Å². The van der Waals surface area contributed by atoms with E-state index in [1.807, 2.05) is 12.1 Å². The van der Waals surface area contributed by atoms with Gasteiger partial charge in [-0.15, -0.1) is 0 Å². The molecule has 5 rings (SSSR count). The number of rotatable bonds is 11. The second-order valence-electron chi connectivity index (χ2n) is 11.5. The maximum absolute atomic E-state index is 12.5. The molecule has 1 aromatic carbocycles. The smallest absolute Gasteiger partial charge is 0.344 e. The summed E-state index contributed by atoms with van der Waals surface area (Å²) in [6.45, 7) is 2.13. The van der Waals surface area contributed by atoms with E-state index in [1.165, 1.54) is 29.5 Å². The molecule has 0 amide bonds. The highest BCUT2D eigenvalue weighted by molar-refractivity contribution is 5.71. The van der Waals surface area contributed by atoms with Crippen molar-refractivity contribution in [3.63, 3.8) is 0 Å². The second-order valence-corrected chi connectivity index (χ2v) is 11.5. The Balaban J connectivity index is 1.16. The Bertz CT molecular complexity index is 923. The maximum Gasteiger partial charge on any atom is 0.344 e. The van der Waals surface area contributed by atoms with E-state index in [2.05, 4.69) is 19.1 Å². The maximum atomic E-state index is 12.5. The fourth-order valence-corrected chi connectivity index (χ4v) is 7.27. The first-order valence-corrected chi connectivity index (χ1v) is 14.0. The summed E-state index contributed by atoms with van der Waals surface area (Å²) in [4.78, 5) is 12.5. The van der Waals surface area contributed by atoms with Gasteiger partial charge in [0.1, 0.15) is 11.9 Å². The number of hydrogen-bond donors (Lipinski definition) is 2. The van der Waals surface area contributed by atoms with Crippen molar-refractivity contribution in [2.24, 2.45) is 23.7 Å². The minimum atomic E-state index is -0.293. The van der Waals surface area contributed by atoms with Crippen LogP contribution in [0.1, 0.15) is 82.3 Å². The summed E-state index contributed by atoms with van der Waals surface area (Å²) in [5.74, 6) is 2.12. The Morgan fingerprint density at radius 3 is 2.77 bits per heavy atom. The third kappa shape index (κ3) is 5.61. The lowest BCUT2D eigenvalue weighted by Gasteiger charge is -2.32. The van der Waals surface area contributed by atoms with Gasteiger partial charge in [0.15, 0.2) is 6.61 Å². The van der Waals surface area contributed by atoms with Gasteiger partial charge in [0, 0.05) is 12.3 Å². The minimum absolute atomic E-state index is 0.0265. The van der Waals surface area contributed by atoms with Crippen LogP contribution in [0.3, 0.4) is 0 Å². The average Bonchev–Trinajstić information content (AvgIpc) is 3.54. The normalized spacial score (nSPS) is 31.6. The number of fused-ring (bicyclic) bond motifs is 4.